The molecular weight excluding hydrogens is 269 g/mol. The standard InChI is InChI=1S/C14H17Cl2NO/c1-14(8-15,9-16)17-13(18)12-7-11(12)10-5-3-2-4-6-10/h2-6,11-12H,7-9H2,1H3,(H,17,18). The molecule has 0 aliphatic heterocycles. The van der Waals surface area contributed by atoms with Crippen molar-refractivity contribution in [1.82, 2.24) is 5.32 Å². The van der Waals surface area contributed by atoms with Gasteiger partial charge >= 0.3 is 0 Å². The lowest BCUT2D eigenvalue weighted by Gasteiger charge is -2.26. The number of benzene rings is 1. The van der Waals surface area contributed by atoms with Crippen molar-refractivity contribution >= 4 is 29.1 Å². The zero-order chi connectivity index (χ0) is 13.2. The molecule has 1 fully saturated rings. The van der Waals surface area contributed by atoms with Crippen LogP contribution in [0, 0.1) is 5.92 Å². The molecule has 0 spiro atoms. The van der Waals surface area contributed by atoms with E-state index in [2.05, 4.69) is 17.4 Å². The molecule has 18 heavy (non-hydrogen) atoms. The van der Waals surface area contributed by atoms with E-state index in [0.717, 1.165) is 6.42 Å². The average molecular weight is 286 g/mol. The van der Waals surface area contributed by atoms with Crippen LogP contribution in [0.25, 0.3) is 0 Å². The van der Waals surface area contributed by atoms with Crippen LogP contribution in [0.3, 0.4) is 0 Å². The van der Waals surface area contributed by atoms with E-state index in [1.165, 1.54) is 5.56 Å². The molecule has 0 radical (unpaired) electrons. The van der Waals surface area contributed by atoms with Crippen molar-refractivity contribution in [3.63, 3.8) is 0 Å². The van der Waals surface area contributed by atoms with Gasteiger partial charge in [0.05, 0.1) is 5.54 Å². The summed E-state index contributed by atoms with van der Waals surface area (Å²) in [6.45, 7) is 1.87. The Hall–Kier alpha value is -0.730. The summed E-state index contributed by atoms with van der Waals surface area (Å²) in [5, 5.41) is 2.95. The molecule has 1 aliphatic rings. The number of nitrogens with one attached hydrogen (secondary N) is 1. The molecule has 0 heterocycles. The van der Waals surface area contributed by atoms with Gasteiger partial charge in [0.2, 0.25) is 5.91 Å². The van der Waals surface area contributed by atoms with Crippen molar-refractivity contribution in [3.05, 3.63) is 35.9 Å². The van der Waals surface area contributed by atoms with E-state index in [4.69, 9.17) is 23.2 Å². The second-order valence-corrected chi connectivity index (χ2v) is 5.71. The average Bonchev–Trinajstić information content (AvgIpc) is 3.20. The van der Waals surface area contributed by atoms with Crippen LogP contribution in [0.1, 0.15) is 24.8 Å². The molecule has 2 nitrogen and oxygen atoms in total. The highest BCUT2D eigenvalue weighted by molar-refractivity contribution is 6.22. The summed E-state index contributed by atoms with van der Waals surface area (Å²) in [4.78, 5) is 12.1. The van der Waals surface area contributed by atoms with Crippen LogP contribution in [0.15, 0.2) is 30.3 Å². The first kappa shape index (κ1) is 13.7. The topological polar surface area (TPSA) is 29.1 Å². The van der Waals surface area contributed by atoms with E-state index in [0.29, 0.717) is 17.7 Å². The maximum Gasteiger partial charge on any atom is 0.224 e. The molecule has 0 bridgehead atoms. The van der Waals surface area contributed by atoms with Crippen LogP contribution in [0.2, 0.25) is 0 Å². The monoisotopic (exact) mass is 285 g/mol. The molecule has 98 valence electrons. The summed E-state index contributed by atoms with van der Waals surface area (Å²) in [6.07, 6.45) is 0.913. The van der Waals surface area contributed by atoms with Gasteiger partial charge in [-0.1, -0.05) is 30.3 Å². The summed E-state index contributed by atoms with van der Waals surface area (Å²) < 4.78 is 0. The number of hydrogen-bond acceptors (Lipinski definition) is 1. The second kappa shape index (κ2) is 5.50. The summed E-state index contributed by atoms with van der Waals surface area (Å²) in [7, 11) is 0. The van der Waals surface area contributed by atoms with E-state index in [1.807, 2.05) is 25.1 Å². The smallest absolute Gasteiger partial charge is 0.224 e. The number of halogens is 2. The van der Waals surface area contributed by atoms with E-state index in [-0.39, 0.29) is 11.8 Å². The van der Waals surface area contributed by atoms with Crippen LogP contribution in [0.4, 0.5) is 0 Å². The van der Waals surface area contributed by atoms with Gasteiger partial charge in [-0.05, 0) is 24.8 Å². The third kappa shape index (κ3) is 2.99. The van der Waals surface area contributed by atoms with Gasteiger partial charge in [0, 0.05) is 17.7 Å². The lowest BCUT2D eigenvalue weighted by Crippen LogP contribution is -2.49. The van der Waals surface area contributed by atoms with E-state index < -0.39 is 5.54 Å². The molecule has 1 aromatic carbocycles. The molecule has 2 atom stereocenters. The van der Waals surface area contributed by atoms with Crippen molar-refractivity contribution in [2.24, 2.45) is 5.92 Å². The first-order valence-corrected chi connectivity index (χ1v) is 7.15. The number of carbonyl (C=O) groups excluding carboxylic acids is 1. The van der Waals surface area contributed by atoms with Crippen molar-refractivity contribution in [3.8, 4) is 0 Å². The second-order valence-electron chi connectivity index (χ2n) is 5.18. The Morgan fingerprint density at radius 3 is 2.50 bits per heavy atom. The van der Waals surface area contributed by atoms with Gasteiger partial charge in [-0.15, -0.1) is 23.2 Å². The Kier molecular flexibility index (Phi) is 4.18. The maximum atomic E-state index is 12.1. The molecule has 1 N–H and O–H groups in total. The fraction of sp³-hybridized carbons (Fsp3) is 0.500. The van der Waals surface area contributed by atoms with Gasteiger partial charge < -0.3 is 5.32 Å². The molecular formula is C14H17Cl2NO. The Morgan fingerprint density at radius 2 is 1.94 bits per heavy atom. The maximum absolute atomic E-state index is 12.1. The third-order valence-electron chi connectivity index (χ3n) is 3.37. The largest absolute Gasteiger partial charge is 0.348 e. The quantitative estimate of drug-likeness (QED) is 0.828. The number of rotatable bonds is 5. The summed E-state index contributed by atoms with van der Waals surface area (Å²) in [5.74, 6) is 1.13. The van der Waals surface area contributed by atoms with E-state index >= 15 is 0 Å². The number of carbonyl (C=O) groups is 1. The highest BCUT2D eigenvalue weighted by Crippen LogP contribution is 2.47. The Balaban J connectivity index is 1.94. The first-order chi connectivity index (χ1) is 8.59. The number of alkyl halides is 2. The van der Waals surface area contributed by atoms with Crippen LogP contribution in [-0.2, 0) is 4.79 Å². The van der Waals surface area contributed by atoms with Gasteiger partial charge in [-0.25, -0.2) is 0 Å². The summed E-state index contributed by atoms with van der Waals surface area (Å²) >= 11 is 11.7. The number of amides is 1. The predicted octanol–water partition coefficient (Wildman–Crippen LogP) is 3.14. The highest BCUT2D eigenvalue weighted by atomic mass is 35.5. The zero-order valence-corrected chi connectivity index (χ0v) is 11.8. The first-order valence-electron chi connectivity index (χ1n) is 6.08. The molecule has 4 heteroatoms. The molecule has 1 aromatic rings. The van der Waals surface area contributed by atoms with Crippen LogP contribution in [-0.4, -0.2) is 23.2 Å². The van der Waals surface area contributed by atoms with Gasteiger partial charge in [0.25, 0.3) is 0 Å². The normalized spacial score (nSPS) is 22.6. The molecule has 1 amide bonds. The van der Waals surface area contributed by atoms with Crippen molar-refractivity contribution in [2.75, 3.05) is 11.8 Å². The highest BCUT2D eigenvalue weighted by Gasteiger charge is 2.45. The molecule has 0 aromatic heterocycles. The minimum absolute atomic E-state index is 0.0626. The zero-order valence-electron chi connectivity index (χ0n) is 10.3. The summed E-state index contributed by atoms with van der Waals surface area (Å²) in [5.41, 5.74) is 0.723. The fourth-order valence-corrected chi connectivity index (χ4v) is 2.47. The molecule has 1 saturated carbocycles. The fourth-order valence-electron chi connectivity index (χ4n) is 2.05. The molecule has 2 unspecified atom stereocenters. The SMILES string of the molecule is CC(CCl)(CCl)NC(=O)C1CC1c1ccccc1. The Labute approximate surface area is 118 Å². The van der Waals surface area contributed by atoms with Gasteiger partial charge in [-0.3, -0.25) is 4.79 Å². The number of hydrogen-bond donors (Lipinski definition) is 1. The van der Waals surface area contributed by atoms with Crippen molar-refractivity contribution < 1.29 is 4.79 Å². The molecule has 1 aliphatic carbocycles. The van der Waals surface area contributed by atoms with Crippen LogP contribution in [0.5, 0.6) is 0 Å². The Bertz CT molecular complexity index is 417. The lowest BCUT2D eigenvalue weighted by molar-refractivity contribution is -0.123. The predicted molar refractivity (Wildman–Crippen MR) is 75.3 cm³/mol. The van der Waals surface area contributed by atoms with E-state index in [9.17, 15) is 4.79 Å². The summed E-state index contributed by atoms with van der Waals surface area (Å²) in [6, 6.07) is 10.1. The molecule has 0 saturated heterocycles. The minimum Gasteiger partial charge on any atom is -0.348 e. The van der Waals surface area contributed by atoms with Gasteiger partial charge in [0.15, 0.2) is 0 Å². The molecule has 2 rings (SSSR count). The minimum atomic E-state index is -0.510. The Morgan fingerprint density at radius 1 is 1.33 bits per heavy atom. The van der Waals surface area contributed by atoms with E-state index in [1.54, 1.807) is 0 Å². The van der Waals surface area contributed by atoms with Crippen LogP contribution >= 0.6 is 23.2 Å². The van der Waals surface area contributed by atoms with Gasteiger partial charge in [0.1, 0.15) is 0 Å². The van der Waals surface area contributed by atoms with Crippen molar-refractivity contribution in [1.29, 1.82) is 0 Å². The van der Waals surface area contributed by atoms with Crippen molar-refractivity contribution in [2.45, 2.75) is 24.8 Å². The van der Waals surface area contributed by atoms with Crippen LogP contribution < -0.4 is 5.32 Å². The third-order valence-corrected chi connectivity index (χ3v) is 4.55. The van der Waals surface area contributed by atoms with Gasteiger partial charge in [-0.2, -0.15) is 0 Å². The lowest BCUT2D eigenvalue weighted by atomic mass is 10.1.